The normalized spacial score (nSPS) is 11.2. The van der Waals surface area contributed by atoms with Crippen LogP contribution in [0.3, 0.4) is 0 Å². The van der Waals surface area contributed by atoms with Crippen LogP contribution in [0, 0.1) is 0 Å². The van der Waals surface area contributed by atoms with Gasteiger partial charge in [-0.25, -0.2) is 4.79 Å². The molecule has 0 fully saturated rings. The number of benzene rings is 1. The zero-order valence-electron chi connectivity index (χ0n) is 12.8. The molecule has 0 aliphatic heterocycles. The second kappa shape index (κ2) is 7.95. The molecule has 0 aliphatic carbocycles. The summed E-state index contributed by atoms with van der Waals surface area (Å²) < 4.78 is 5.72. The molecule has 2 N–H and O–H groups in total. The first-order chi connectivity index (χ1) is 9.87. The molecule has 0 aliphatic rings. The number of hydrogen-bond donors (Lipinski definition) is 2. The maximum absolute atomic E-state index is 12.0. The van der Waals surface area contributed by atoms with E-state index in [-0.39, 0.29) is 17.0 Å². The summed E-state index contributed by atoms with van der Waals surface area (Å²) in [5, 5.41) is 11.8. The van der Waals surface area contributed by atoms with Gasteiger partial charge in [0.2, 0.25) is 0 Å². The molecule has 1 aromatic carbocycles. The summed E-state index contributed by atoms with van der Waals surface area (Å²) in [6, 6.07) is 7.19. The van der Waals surface area contributed by atoms with Gasteiger partial charge in [0.15, 0.2) is 8.32 Å². The predicted octanol–water partition coefficient (Wildman–Crippen LogP) is 2.75. The number of nitrogens with one attached hydrogen (secondary N) is 1. The third kappa shape index (κ3) is 5.69. The highest BCUT2D eigenvalue weighted by molar-refractivity contribution is 6.71. The third-order valence-electron chi connectivity index (χ3n) is 3.18. The number of aromatic carboxylic acids is 1. The Morgan fingerprint density at radius 1 is 1.24 bits per heavy atom. The minimum absolute atomic E-state index is 0.0269. The zero-order valence-corrected chi connectivity index (χ0v) is 13.8. The number of rotatable bonds is 8. The molecule has 0 atom stereocenters. The lowest BCUT2D eigenvalue weighted by atomic mass is 10.1. The van der Waals surface area contributed by atoms with E-state index < -0.39 is 14.3 Å². The van der Waals surface area contributed by atoms with Crippen molar-refractivity contribution < 1.29 is 19.1 Å². The Kier molecular flexibility index (Phi) is 6.58. The zero-order chi connectivity index (χ0) is 15.9. The highest BCUT2D eigenvalue weighted by atomic mass is 28.4. The average Bonchev–Trinajstić information content (AvgIpc) is 2.43. The van der Waals surface area contributed by atoms with Crippen LogP contribution in [0.4, 0.5) is 0 Å². The quantitative estimate of drug-likeness (QED) is 0.572. The number of hydrogen-bond acceptors (Lipinski definition) is 3. The molecule has 0 bridgehead atoms. The van der Waals surface area contributed by atoms with Gasteiger partial charge in [-0.15, -0.1) is 0 Å². The van der Waals surface area contributed by atoms with E-state index >= 15 is 0 Å². The lowest BCUT2D eigenvalue weighted by Gasteiger charge is -2.21. The fourth-order valence-corrected chi connectivity index (χ4v) is 4.10. The van der Waals surface area contributed by atoms with Gasteiger partial charge in [0.1, 0.15) is 0 Å². The molecule has 0 saturated heterocycles. The molecule has 21 heavy (non-hydrogen) atoms. The maximum Gasteiger partial charge on any atom is 0.336 e. The third-order valence-corrected chi connectivity index (χ3v) is 5.81. The molecule has 1 aromatic rings. The van der Waals surface area contributed by atoms with Crippen molar-refractivity contribution in [3.05, 3.63) is 35.4 Å². The average molecular weight is 309 g/mol. The minimum atomic E-state index is -1.63. The predicted molar refractivity (Wildman–Crippen MR) is 84.3 cm³/mol. The van der Waals surface area contributed by atoms with Crippen LogP contribution < -0.4 is 5.32 Å². The molecule has 0 saturated carbocycles. The van der Waals surface area contributed by atoms with E-state index in [0.29, 0.717) is 6.54 Å². The van der Waals surface area contributed by atoms with Crippen LogP contribution in [0.2, 0.25) is 19.1 Å². The highest BCUT2D eigenvalue weighted by Gasteiger charge is 2.21. The molecule has 0 unspecified atom stereocenters. The Hall–Kier alpha value is -1.66. The van der Waals surface area contributed by atoms with Crippen molar-refractivity contribution in [3.63, 3.8) is 0 Å². The molecule has 5 nitrogen and oxygen atoms in total. The Morgan fingerprint density at radius 2 is 1.86 bits per heavy atom. The summed E-state index contributed by atoms with van der Waals surface area (Å²) in [4.78, 5) is 23.1. The van der Waals surface area contributed by atoms with Crippen molar-refractivity contribution in [1.82, 2.24) is 5.32 Å². The summed E-state index contributed by atoms with van der Waals surface area (Å²) in [7, 11) is -1.63. The van der Waals surface area contributed by atoms with Gasteiger partial charge in [-0.2, -0.15) is 0 Å². The second-order valence-corrected chi connectivity index (χ2v) is 9.71. The smallest absolute Gasteiger partial charge is 0.336 e. The van der Waals surface area contributed by atoms with Gasteiger partial charge < -0.3 is 14.8 Å². The van der Waals surface area contributed by atoms with Crippen molar-refractivity contribution in [2.45, 2.75) is 32.5 Å². The minimum Gasteiger partial charge on any atom is -0.478 e. The number of carboxylic acid groups (broad SMARTS) is 1. The Morgan fingerprint density at radius 3 is 2.43 bits per heavy atom. The van der Waals surface area contributed by atoms with Gasteiger partial charge in [0, 0.05) is 13.2 Å². The fourth-order valence-electron chi connectivity index (χ4n) is 2.14. The summed E-state index contributed by atoms with van der Waals surface area (Å²) in [6.45, 7) is 7.53. The van der Waals surface area contributed by atoms with E-state index in [9.17, 15) is 9.59 Å². The Balaban J connectivity index is 2.50. The van der Waals surface area contributed by atoms with Crippen LogP contribution in [0.15, 0.2) is 24.3 Å². The molecule has 0 radical (unpaired) electrons. The van der Waals surface area contributed by atoms with E-state index in [4.69, 9.17) is 9.53 Å². The Labute approximate surface area is 126 Å². The van der Waals surface area contributed by atoms with Crippen LogP contribution in [-0.2, 0) is 4.43 Å². The van der Waals surface area contributed by atoms with E-state index in [1.165, 1.54) is 12.1 Å². The molecule has 116 valence electrons. The van der Waals surface area contributed by atoms with Gasteiger partial charge in [0.25, 0.3) is 5.91 Å². The summed E-state index contributed by atoms with van der Waals surface area (Å²) in [5.74, 6) is -1.44. The topological polar surface area (TPSA) is 75.6 Å². The van der Waals surface area contributed by atoms with Gasteiger partial charge in [0.05, 0.1) is 11.1 Å². The first kappa shape index (κ1) is 17.4. The monoisotopic (exact) mass is 309 g/mol. The number of carbonyl (C=O) groups excluding carboxylic acids is 1. The molecule has 6 heteroatoms. The van der Waals surface area contributed by atoms with Crippen LogP contribution in [0.25, 0.3) is 0 Å². The van der Waals surface area contributed by atoms with Crippen LogP contribution in [0.5, 0.6) is 0 Å². The molecular formula is C15H23NO4Si. The largest absolute Gasteiger partial charge is 0.478 e. The molecule has 1 amide bonds. The molecule has 0 spiro atoms. The lowest BCUT2D eigenvalue weighted by Crippen LogP contribution is -2.32. The molecule has 1 rings (SSSR count). The van der Waals surface area contributed by atoms with E-state index in [2.05, 4.69) is 18.4 Å². The van der Waals surface area contributed by atoms with Gasteiger partial charge in [-0.05, 0) is 44.6 Å². The SMILES string of the molecule is CCO[Si](C)(C)CCCNC(=O)c1ccccc1C(=O)O. The first-order valence-corrected chi connectivity index (χ1v) is 10.2. The number of carbonyl (C=O) groups is 2. The van der Waals surface area contributed by atoms with Crippen molar-refractivity contribution in [3.8, 4) is 0 Å². The van der Waals surface area contributed by atoms with Crippen molar-refractivity contribution in [2.75, 3.05) is 13.2 Å². The fraction of sp³-hybridized carbons (Fsp3) is 0.467. The van der Waals surface area contributed by atoms with E-state index in [1.54, 1.807) is 12.1 Å². The number of amides is 1. The summed E-state index contributed by atoms with van der Waals surface area (Å²) in [6.07, 6.45) is 0.834. The molecule has 0 heterocycles. The number of carboxylic acids is 1. The van der Waals surface area contributed by atoms with Crippen molar-refractivity contribution in [2.24, 2.45) is 0 Å². The van der Waals surface area contributed by atoms with Gasteiger partial charge >= 0.3 is 5.97 Å². The van der Waals surface area contributed by atoms with Gasteiger partial charge in [-0.3, -0.25) is 4.79 Å². The van der Waals surface area contributed by atoms with Crippen molar-refractivity contribution >= 4 is 20.2 Å². The van der Waals surface area contributed by atoms with Crippen molar-refractivity contribution in [1.29, 1.82) is 0 Å². The second-order valence-electron chi connectivity index (χ2n) is 5.40. The van der Waals surface area contributed by atoms with Crippen LogP contribution in [0.1, 0.15) is 34.1 Å². The van der Waals surface area contributed by atoms with Crippen LogP contribution in [-0.4, -0.2) is 38.5 Å². The lowest BCUT2D eigenvalue weighted by molar-refractivity contribution is 0.0691. The maximum atomic E-state index is 12.0. The van der Waals surface area contributed by atoms with Crippen LogP contribution >= 0.6 is 0 Å². The van der Waals surface area contributed by atoms with E-state index in [0.717, 1.165) is 19.1 Å². The Bertz CT molecular complexity index is 502. The first-order valence-electron chi connectivity index (χ1n) is 7.12. The summed E-state index contributed by atoms with van der Waals surface area (Å²) >= 11 is 0. The van der Waals surface area contributed by atoms with E-state index in [1.807, 2.05) is 6.92 Å². The summed E-state index contributed by atoms with van der Waals surface area (Å²) in [5.41, 5.74) is 0.227. The standard InChI is InChI=1S/C15H23NO4Si/c1-4-20-21(2,3)11-7-10-16-14(17)12-8-5-6-9-13(12)15(18)19/h5-6,8-9H,4,7,10-11H2,1-3H3,(H,16,17)(H,18,19). The van der Waals surface area contributed by atoms with Gasteiger partial charge in [-0.1, -0.05) is 12.1 Å². The molecule has 0 aromatic heterocycles. The highest BCUT2D eigenvalue weighted by Crippen LogP contribution is 2.13. The molecular weight excluding hydrogens is 286 g/mol.